The van der Waals surface area contributed by atoms with Crippen molar-refractivity contribution in [3.63, 3.8) is 0 Å². The zero-order valence-electron chi connectivity index (χ0n) is 9.96. The molecule has 0 saturated carbocycles. The maximum Gasteiger partial charge on any atom is 0.338 e. The third kappa shape index (κ3) is 4.97. The van der Waals surface area contributed by atoms with Gasteiger partial charge >= 0.3 is 5.97 Å². The summed E-state index contributed by atoms with van der Waals surface area (Å²) in [6.45, 7) is 0.432. The van der Waals surface area contributed by atoms with Crippen molar-refractivity contribution < 1.29 is 19.4 Å². The van der Waals surface area contributed by atoms with E-state index in [4.69, 9.17) is 14.6 Å². The number of ether oxygens (including phenoxy) is 2. The van der Waals surface area contributed by atoms with E-state index in [1.54, 1.807) is 31.4 Å². The van der Waals surface area contributed by atoms with Gasteiger partial charge < -0.3 is 14.6 Å². The lowest BCUT2D eigenvalue weighted by atomic mass is 10.2. The molecule has 4 heteroatoms. The highest BCUT2D eigenvalue weighted by Crippen LogP contribution is 2.07. The average molecular weight is 238 g/mol. The molecule has 0 saturated heterocycles. The van der Waals surface area contributed by atoms with Crippen LogP contribution in [0.2, 0.25) is 0 Å². The SMILES string of the molecule is COCCCC(CO)OC(=O)c1ccccc1. The van der Waals surface area contributed by atoms with Gasteiger partial charge in [0.2, 0.25) is 0 Å². The summed E-state index contributed by atoms with van der Waals surface area (Å²) in [6, 6.07) is 8.75. The number of aliphatic hydroxyl groups excluding tert-OH is 1. The molecule has 1 atom stereocenters. The second-order valence-corrected chi connectivity index (χ2v) is 3.71. The van der Waals surface area contributed by atoms with E-state index in [1.807, 2.05) is 6.07 Å². The average Bonchev–Trinajstić information content (AvgIpc) is 2.38. The largest absolute Gasteiger partial charge is 0.456 e. The van der Waals surface area contributed by atoms with E-state index in [0.29, 0.717) is 18.6 Å². The molecule has 1 unspecified atom stereocenters. The Morgan fingerprint density at radius 3 is 2.65 bits per heavy atom. The number of rotatable bonds is 7. The summed E-state index contributed by atoms with van der Waals surface area (Å²) in [5, 5.41) is 9.10. The Morgan fingerprint density at radius 2 is 2.06 bits per heavy atom. The highest BCUT2D eigenvalue weighted by atomic mass is 16.6. The normalized spacial score (nSPS) is 12.1. The summed E-state index contributed by atoms with van der Waals surface area (Å²) < 4.78 is 10.1. The fourth-order valence-electron chi connectivity index (χ4n) is 1.44. The van der Waals surface area contributed by atoms with Gasteiger partial charge in [0.1, 0.15) is 6.10 Å². The summed E-state index contributed by atoms with van der Waals surface area (Å²) in [4.78, 5) is 11.7. The van der Waals surface area contributed by atoms with Gasteiger partial charge in [0.25, 0.3) is 0 Å². The van der Waals surface area contributed by atoms with Crippen molar-refractivity contribution in [2.45, 2.75) is 18.9 Å². The first-order chi connectivity index (χ1) is 8.27. The minimum absolute atomic E-state index is 0.164. The van der Waals surface area contributed by atoms with Crippen LogP contribution >= 0.6 is 0 Å². The maximum absolute atomic E-state index is 11.7. The number of aliphatic hydroxyl groups is 1. The quantitative estimate of drug-likeness (QED) is 0.579. The molecule has 0 aliphatic heterocycles. The van der Waals surface area contributed by atoms with Crippen molar-refractivity contribution in [2.75, 3.05) is 20.3 Å². The van der Waals surface area contributed by atoms with Gasteiger partial charge in [-0.1, -0.05) is 18.2 Å². The van der Waals surface area contributed by atoms with Crippen LogP contribution in [-0.2, 0) is 9.47 Å². The fraction of sp³-hybridized carbons (Fsp3) is 0.462. The third-order valence-corrected chi connectivity index (χ3v) is 2.36. The zero-order valence-corrected chi connectivity index (χ0v) is 9.96. The zero-order chi connectivity index (χ0) is 12.5. The Bertz CT molecular complexity index is 323. The molecule has 0 aromatic heterocycles. The van der Waals surface area contributed by atoms with Crippen LogP contribution in [0.4, 0.5) is 0 Å². The van der Waals surface area contributed by atoms with Crippen molar-refractivity contribution in [3.8, 4) is 0 Å². The van der Waals surface area contributed by atoms with Gasteiger partial charge in [-0.25, -0.2) is 4.79 Å². The Morgan fingerprint density at radius 1 is 1.35 bits per heavy atom. The molecule has 0 aliphatic carbocycles. The van der Waals surface area contributed by atoms with Crippen LogP contribution in [-0.4, -0.2) is 37.5 Å². The van der Waals surface area contributed by atoms with Crippen LogP contribution in [0.15, 0.2) is 30.3 Å². The smallest absolute Gasteiger partial charge is 0.338 e. The monoisotopic (exact) mass is 238 g/mol. The number of carbonyl (C=O) groups excluding carboxylic acids is 1. The predicted molar refractivity (Wildman–Crippen MR) is 63.8 cm³/mol. The Labute approximate surface area is 101 Å². The molecule has 0 aliphatic rings. The van der Waals surface area contributed by atoms with Crippen LogP contribution in [0.25, 0.3) is 0 Å². The van der Waals surface area contributed by atoms with Crippen molar-refractivity contribution in [2.24, 2.45) is 0 Å². The van der Waals surface area contributed by atoms with Crippen molar-refractivity contribution in [3.05, 3.63) is 35.9 Å². The standard InChI is InChI=1S/C13H18O4/c1-16-9-5-8-12(10-14)17-13(15)11-6-3-2-4-7-11/h2-4,6-7,12,14H,5,8-10H2,1H3. The van der Waals surface area contributed by atoms with Crippen LogP contribution < -0.4 is 0 Å². The molecule has 1 N–H and O–H groups in total. The van der Waals surface area contributed by atoms with Gasteiger partial charge in [0.15, 0.2) is 0 Å². The molecular weight excluding hydrogens is 220 g/mol. The summed E-state index contributed by atoms with van der Waals surface area (Å²) >= 11 is 0. The van der Waals surface area contributed by atoms with E-state index >= 15 is 0 Å². The molecule has 0 amide bonds. The van der Waals surface area contributed by atoms with Crippen molar-refractivity contribution >= 4 is 5.97 Å². The lowest BCUT2D eigenvalue weighted by Crippen LogP contribution is -2.22. The first kappa shape index (κ1) is 13.7. The van der Waals surface area contributed by atoms with Crippen LogP contribution in [0.3, 0.4) is 0 Å². The Balaban J connectivity index is 2.42. The molecule has 0 heterocycles. The molecule has 1 aromatic carbocycles. The number of esters is 1. The Hall–Kier alpha value is -1.39. The molecule has 0 spiro atoms. The van der Waals surface area contributed by atoms with Crippen LogP contribution in [0.1, 0.15) is 23.2 Å². The van der Waals surface area contributed by atoms with E-state index in [0.717, 1.165) is 6.42 Å². The van der Waals surface area contributed by atoms with E-state index in [1.165, 1.54) is 0 Å². The summed E-state index contributed by atoms with van der Waals surface area (Å²) in [5.41, 5.74) is 0.498. The number of methoxy groups -OCH3 is 1. The first-order valence-corrected chi connectivity index (χ1v) is 5.63. The van der Waals surface area contributed by atoms with Gasteiger partial charge in [-0.3, -0.25) is 0 Å². The van der Waals surface area contributed by atoms with E-state index in [2.05, 4.69) is 0 Å². The molecule has 1 rings (SSSR count). The van der Waals surface area contributed by atoms with E-state index < -0.39 is 12.1 Å². The summed E-state index contributed by atoms with van der Waals surface area (Å²) in [5.74, 6) is -0.401. The topological polar surface area (TPSA) is 55.8 Å². The van der Waals surface area contributed by atoms with Crippen LogP contribution in [0, 0.1) is 0 Å². The molecule has 17 heavy (non-hydrogen) atoms. The lowest BCUT2D eigenvalue weighted by molar-refractivity contribution is 0.00891. The number of carbonyl (C=O) groups is 1. The second-order valence-electron chi connectivity index (χ2n) is 3.71. The molecule has 94 valence electrons. The maximum atomic E-state index is 11.7. The Kier molecular flexibility index (Phi) is 6.29. The van der Waals surface area contributed by atoms with Crippen molar-refractivity contribution in [1.29, 1.82) is 0 Å². The summed E-state index contributed by atoms with van der Waals surface area (Å²) in [6.07, 6.45) is 0.894. The van der Waals surface area contributed by atoms with E-state index in [9.17, 15) is 4.79 Å². The number of hydrogen-bond donors (Lipinski definition) is 1. The second kappa shape index (κ2) is 7.81. The highest BCUT2D eigenvalue weighted by molar-refractivity contribution is 5.89. The number of benzene rings is 1. The highest BCUT2D eigenvalue weighted by Gasteiger charge is 2.14. The minimum atomic E-state index is -0.460. The number of hydrogen-bond acceptors (Lipinski definition) is 4. The molecule has 0 bridgehead atoms. The van der Waals surface area contributed by atoms with Crippen molar-refractivity contribution in [1.82, 2.24) is 0 Å². The molecule has 4 nitrogen and oxygen atoms in total. The van der Waals surface area contributed by atoms with Gasteiger partial charge in [-0.2, -0.15) is 0 Å². The predicted octanol–water partition coefficient (Wildman–Crippen LogP) is 1.63. The van der Waals surface area contributed by atoms with E-state index in [-0.39, 0.29) is 6.61 Å². The van der Waals surface area contributed by atoms with Gasteiger partial charge in [-0.05, 0) is 25.0 Å². The van der Waals surface area contributed by atoms with Gasteiger partial charge in [0, 0.05) is 13.7 Å². The molecule has 0 fully saturated rings. The first-order valence-electron chi connectivity index (χ1n) is 5.63. The fourth-order valence-corrected chi connectivity index (χ4v) is 1.44. The van der Waals surface area contributed by atoms with Crippen LogP contribution in [0.5, 0.6) is 0 Å². The summed E-state index contributed by atoms with van der Waals surface area (Å²) in [7, 11) is 1.62. The molecule has 1 aromatic rings. The van der Waals surface area contributed by atoms with Gasteiger partial charge in [0.05, 0.1) is 12.2 Å². The molecule has 0 radical (unpaired) electrons. The lowest BCUT2D eigenvalue weighted by Gasteiger charge is -2.15. The molecular formula is C13H18O4. The minimum Gasteiger partial charge on any atom is -0.456 e. The third-order valence-electron chi connectivity index (χ3n) is 2.36. The van der Waals surface area contributed by atoms with Gasteiger partial charge in [-0.15, -0.1) is 0 Å².